The molecule has 0 spiro atoms. The summed E-state index contributed by atoms with van der Waals surface area (Å²) in [4.78, 5) is 37.3. The Kier molecular flexibility index (Phi) is 8.06. The largest absolute Gasteiger partial charge is 0.507 e. The number of Topliss-reactive ketones (excluding diaryl/α,β-unsaturated/α-hetero) is 1. The van der Waals surface area contributed by atoms with Crippen LogP contribution in [0.5, 0.6) is 5.75 Å². The summed E-state index contributed by atoms with van der Waals surface area (Å²) in [6, 6.07) is 8.13. The molecule has 5 atom stereocenters. The van der Waals surface area contributed by atoms with Crippen molar-refractivity contribution in [1.82, 2.24) is 10.6 Å². The summed E-state index contributed by atoms with van der Waals surface area (Å²) < 4.78 is 5.47. The van der Waals surface area contributed by atoms with Crippen LogP contribution in [0.3, 0.4) is 0 Å². The molecule has 0 bridgehead atoms. The van der Waals surface area contributed by atoms with E-state index >= 15 is 0 Å². The van der Waals surface area contributed by atoms with Crippen LogP contribution in [0, 0.1) is 6.92 Å². The summed E-state index contributed by atoms with van der Waals surface area (Å²) in [7, 11) is 1.40. The first kappa shape index (κ1) is 28.9. The highest BCUT2D eigenvalue weighted by atomic mass is 16.5. The fourth-order valence-corrected chi connectivity index (χ4v) is 5.35. The van der Waals surface area contributed by atoms with Crippen LogP contribution >= 0.6 is 0 Å². The van der Waals surface area contributed by atoms with Gasteiger partial charge < -0.3 is 41.7 Å². The van der Waals surface area contributed by atoms with Gasteiger partial charge in [0.15, 0.2) is 11.4 Å². The highest BCUT2D eigenvalue weighted by Gasteiger charge is 2.73. The lowest BCUT2D eigenvalue weighted by molar-refractivity contribution is -0.172. The van der Waals surface area contributed by atoms with Crippen molar-refractivity contribution in [3.8, 4) is 5.75 Å². The van der Waals surface area contributed by atoms with Crippen LogP contribution in [0.1, 0.15) is 53.5 Å². The van der Waals surface area contributed by atoms with Gasteiger partial charge in [-0.15, -0.1) is 0 Å². The average molecular weight is 529 g/mol. The maximum Gasteiger partial charge on any atom is 0.342 e. The number of anilines is 1. The number of urea groups is 1. The molecule has 0 radical (unpaired) electrons. The lowest BCUT2D eigenvalue weighted by atomic mass is 9.74. The van der Waals surface area contributed by atoms with Gasteiger partial charge in [0.05, 0.1) is 17.6 Å². The molecule has 1 saturated carbocycles. The second kappa shape index (κ2) is 10.6. The van der Waals surface area contributed by atoms with E-state index in [0.29, 0.717) is 16.8 Å². The molecule has 3 rings (SSSR count). The molecule has 1 aliphatic rings. The van der Waals surface area contributed by atoms with E-state index in [0.717, 1.165) is 0 Å². The van der Waals surface area contributed by atoms with Gasteiger partial charge >= 0.3 is 12.0 Å². The van der Waals surface area contributed by atoms with E-state index in [4.69, 9.17) is 10.5 Å². The van der Waals surface area contributed by atoms with Gasteiger partial charge in [-0.1, -0.05) is 31.2 Å². The molecule has 0 heterocycles. The number of carbonyl (C=O) groups excluding carboxylic acids is 3. The summed E-state index contributed by atoms with van der Waals surface area (Å²) in [5, 5.41) is 42.5. The number of phenols is 1. The van der Waals surface area contributed by atoms with Crippen molar-refractivity contribution in [2.75, 3.05) is 19.0 Å². The third-order valence-corrected chi connectivity index (χ3v) is 7.75. The monoisotopic (exact) mass is 528 g/mol. The fourth-order valence-electron chi connectivity index (χ4n) is 5.35. The number of carbonyl (C=O) groups is 3. The van der Waals surface area contributed by atoms with Crippen molar-refractivity contribution >= 4 is 23.5 Å². The van der Waals surface area contributed by atoms with Crippen molar-refractivity contribution in [3.05, 3.63) is 59.2 Å². The fraction of sp³-hybridized carbons (Fsp3) is 0.444. The summed E-state index contributed by atoms with van der Waals surface area (Å²) in [6.07, 6.45) is 0.106. The lowest BCUT2D eigenvalue weighted by Crippen LogP contribution is -2.72. The number of hydrogen-bond donors (Lipinski definition) is 7. The number of amides is 2. The molecule has 8 N–H and O–H groups in total. The van der Waals surface area contributed by atoms with E-state index in [1.165, 1.54) is 27.0 Å². The Labute approximate surface area is 221 Å². The van der Waals surface area contributed by atoms with E-state index in [9.17, 15) is 29.7 Å². The predicted octanol–water partition coefficient (Wildman–Crippen LogP) is 1.44. The molecule has 38 heavy (non-hydrogen) atoms. The summed E-state index contributed by atoms with van der Waals surface area (Å²) >= 11 is 0. The van der Waals surface area contributed by atoms with E-state index in [1.54, 1.807) is 50.2 Å². The molecule has 0 aliphatic heterocycles. The molecule has 1 fully saturated rings. The number of ketones is 1. The van der Waals surface area contributed by atoms with Gasteiger partial charge in [0.2, 0.25) is 0 Å². The Balaban J connectivity index is 2.07. The minimum Gasteiger partial charge on any atom is -0.507 e. The average Bonchev–Trinajstić information content (AvgIpc) is 2.98. The molecular formula is C27H36N4O7. The van der Waals surface area contributed by atoms with Gasteiger partial charge in [0, 0.05) is 18.3 Å². The maximum atomic E-state index is 13.0. The minimum absolute atomic E-state index is 0.0815. The number of phenolic OH excluding ortho intramolecular Hbond substituents is 1. The molecule has 0 unspecified atom stereocenters. The van der Waals surface area contributed by atoms with Crippen LogP contribution in [-0.4, -0.2) is 75.6 Å². The molecule has 2 amide bonds. The van der Waals surface area contributed by atoms with E-state index in [-0.39, 0.29) is 23.5 Å². The van der Waals surface area contributed by atoms with E-state index < -0.39 is 47.4 Å². The maximum absolute atomic E-state index is 13.0. The number of hydrogen-bond acceptors (Lipinski definition) is 9. The topological polar surface area (TPSA) is 183 Å². The Hall–Kier alpha value is -3.67. The van der Waals surface area contributed by atoms with Crippen LogP contribution in [0.2, 0.25) is 0 Å². The van der Waals surface area contributed by atoms with Crippen LogP contribution < -0.4 is 21.7 Å². The van der Waals surface area contributed by atoms with Gasteiger partial charge in [-0.25, -0.2) is 9.59 Å². The van der Waals surface area contributed by atoms with E-state index in [1.807, 2.05) is 0 Å². The zero-order chi connectivity index (χ0) is 28.5. The highest BCUT2D eigenvalue weighted by Crippen LogP contribution is 2.49. The Morgan fingerprint density at radius 1 is 1.13 bits per heavy atom. The summed E-state index contributed by atoms with van der Waals surface area (Å²) in [6.45, 7) is 5.31. The zero-order valence-electron chi connectivity index (χ0n) is 22.2. The standard InChI is InChI=1S/C27H36N4O7/c1-6-26(31-24(35)29-5)21(28)22(30-18-11-8-10-17(13-18)16(3)32)27(37,25(26,4)36)14-38-23(34)20-15(2)9-7-12-19(20)33/h7-13,21-22,30,33,36-37H,6,14,28H2,1-5H3,(H2,29,31,35)/t21-,22-,25+,26-,27+/m0/s1. The first-order chi connectivity index (χ1) is 17.8. The number of aromatic hydroxyl groups is 1. The zero-order valence-corrected chi connectivity index (χ0v) is 22.2. The number of aryl methyl sites for hydroxylation is 1. The number of nitrogens with two attached hydrogens (primary N) is 1. The third kappa shape index (κ3) is 4.68. The molecule has 2 aromatic carbocycles. The van der Waals surface area contributed by atoms with E-state index in [2.05, 4.69) is 16.0 Å². The van der Waals surface area contributed by atoms with Crippen LogP contribution in [0.15, 0.2) is 42.5 Å². The Morgan fingerprint density at radius 2 is 1.79 bits per heavy atom. The first-order valence-electron chi connectivity index (χ1n) is 12.3. The van der Waals surface area contributed by atoms with Gasteiger partial charge in [0.1, 0.15) is 23.5 Å². The summed E-state index contributed by atoms with van der Waals surface area (Å²) in [5.74, 6) is -1.39. The smallest absolute Gasteiger partial charge is 0.342 e. The van der Waals surface area contributed by atoms with Crippen molar-refractivity contribution in [3.63, 3.8) is 0 Å². The second-order valence-corrected chi connectivity index (χ2v) is 9.86. The van der Waals surface area contributed by atoms with Crippen molar-refractivity contribution in [2.24, 2.45) is 5.73 Å². The third-order valence-electron chi connectivity index (χ3n) is 7.75. The lowest BCUT2D eigenvalue weighted by Gasteiger charge is -2.46. The number of benzene rings is 2. The second-order valence-electron chi connectivity index (χ2n) is 9.86. The number of ether oxygens (including phenoxy) is 1. The normalized spacial score (nSPS) is 28.4. The highest BCUT2D eigenvalue weighted by molar-refractivity contribution is 5.95. The van der Waals surface area contributed by atoms with Gasteiger partial charge in [-0.3, -0.25) is 4.79 Å². The number of esters is 1. The molecule has 11 nitrogen and oxygen atoms in total. The molecule has 206 valence electrons. The van der Waals surface area contributed by atoms with Gasteiger partial charge in [-0.05, 0) is 51.0 Å². The van der Waals surface area contributed by atoms with Crippen molar-refractivity contribution in [1.29, 1.82) is 0 Å². The van der Waals surface area contributed by atoms with Crippen LogP contribution in [0.25, 0.3) is 0 Å². The molecule has 1 aliphatic carbocycles. The predicted molar refractivity (Wildman–Crippen MR) is 141 cm³/mol. The molecule has 0 saturated heterocycles. The minimum atomic E-state index is -2.25. The molecule has 11 heteroatoms. The molecular weight excluding hydrogens is 492 g/mol. The Morgan fingerprint density at radius 3 is 2.37 bits per heavy atom. The quantitative estimate of drug-likeness (QED) is 0.197. The van der Waals surface area contributed by atoms with Gasteiger partial charge in [-0.2, -0.15) is 0 Å². The number of aliphatic hydroxyl groups is 2. The van der Waals surface area contributed by atoms with Crippen molar-refractivity contribution in [2.45, 2.75) is 62.9 Å². The van der Waals surface area contributed by atoms with Gasteiger partial charge in [0.25, 0.3) is 0 Å². The molecule has 0 aromatic heterocycles. The number of nitrogens with one attached hydrogen (secondary N) is 3. The molecule has 2 aromatic rings. The Bertz CT molecular complexity index is 1210. The first-order valence-corrected chi connectivity index (χ1v) is 12.3. The van der Waals surface area contributed by atoms with Crippen LogP contribution in [0.4, 0.5) is 10.5 Å². The van der Waals surface area contributed by atoms with Crippen molar-refractivity contribution < 1.29 is 34.4 Å². The number of rotatable bonds is 8. The summed E-state index contributed by atoms with van der Waals surface area (Å²) in [5.41, 5.74) is 1.91. The SMILES string of the molecule is CC[C@]1(NC(=O)NC)[C@@H](N)[C@H](Nc2cccc(C(C)=O)c2)[C@](O)(COC(=O)c2c(C)cccc2O)[C@]1(C)O. The van der Waals surface area contributed by atoms with Crippen LogP contribution in [-0.2, 0) is 4.74 Å².